The molecule has 1 aromatic carbocycles. The Morgan fingerprint density at radius 3 is 1.90 bits per heavy atom. The number of hydrogen-bond acceptors (Lipinski definition) is 1. The second kappa shape index (κ2) is 6.82. The fourth-order valence-corrected chi connectivity index (χ4v) is 3.35. The van der Waals surface area contributed by atoms with Gasteiger partial charge in [-0.15, -0.1) is 0 Å². The SMILES string of the molecule is NCC1(Cc2ccc(C(F)(F)F)cc2)CCCCCCC1. The van der Waals surface area contributed by atoms with Crippen molar-refractivity contribution in [1.82, 2.24) is 0 Å². The van der Waals surface area contributed by atoms with Crippen LogP contribution in [0.3, 0.4) is 0 Å². The molecule has 1 nitrogen and oxygen atoms in total. The van der Waals surface area contributed by atoms with E-state index in [0.29, 0.717) is 6.54 Å². The van der Waals surface area contributed by atoms with Gasteiger partial charge in [0.15, 0.2) is 0 Å². The first kappa shape index (κ1) is 16.3. The summed E-state index contributed by atoms with van der Waals surface area (Å²) in [4.78, 5) is 0. The lowest BCUT2D eigenvalue weighted by Crippen LogP contribution is -2.33. The van der Waals surface area contributed by atoms with Crippen LogP contribution in [0.2, 0.25) is 0 Å². The third-order valence-electron chi connectivity index (χ3n) is 4.71. The number of benzene rings is 1. The molecule has 0 heterocycles. The summed E-state index contributed by atoms with van der Waals surface area (Å²) < 4.78 is 37.8. The first-order chi connectivity index (χ1) is 9.95. The van der Waals surface area contributed by atoms with Crippen LogP contribution in [-0.2, 0) is 12.6 Å². The number of rotatable bonds is 3. The minimum absolute atomic E-state index is 0.0696. The average molecular weight is 299 g/mol. The third kappa shape index (κ3) is 4.47. The lowest BCUT2D eigenvalue weighted by Gasteiger charge is -2.34. The Morgan fingerprint density at radius 1 is 0.905 bits per heavy atom. The number of nitrogens with two attached hydrogens (primary N) is 1. The minimum atomic E-state index is -4.26. The van der Waals surface area contributed by atoms with Gasteiger partial charge in [-0.25, -0.2) is 0 Å². The van der Waals surface area contributed by atoms with Crippen LogP contribution in [-0.4, -0.2) is 6.54 Å². The molecule has 0 radical (unpaired) electrons. The fraction of sp³-hybridized carbons (Fsp3) is 0.647. The fourth-order valence-electron chi connectivity index (χ4n) is 3.35. The molecular weight excluding hydrogens is 275 g/mol. The Morgan fingerprint density at radius 2 is 1.43 bits per heavy atom. The van der Waals surface area contributed by atoms with E-state index in [9.17, 15) is 13.2 Å². The van der Waals surface area contributed by atoms with Gasteiger partial charge in [-0.05, 0) is 48.9 Å². The minimum Gasteiger partial charge on any atom is -0.330 e. The molecule has 21 heavy (non-hydrogen) atoms. The van der Waals surface area contributed by atoms with Gasteiger partial charge in [0.25, 0.3) is 0 Å². The Bertz CT molecular complexity index is 428. The summed E-state index contributed by atoms with van der Waals surface area (Å²) in [5.41, 5.74) is 6.48. The van der Waals surface area contributed by atoms with E-state index in [0.717, 1.165) is 24.8 Å². The van der Waals surface area contributed by atoms with Crippen LogP contribution in [0.4, 0.5) is 13.2 Å². The Hall–Kier alpha value is -1.03. The van der Waals surface area contributed by atoms with Gasteiger partial charge in [-0.1, -0.05) is 44.2 Å². The molecule has 0 aliphatic heterocycles. The van der Waals surface area contributed by atoms with Gasteiger partial charge >= 0.3 is 6.18 Å². The van der Waals surface area contributed by atoms with E-state index >= 15 is 0 Å². The van der Waals surface area contributed by atoms with E-state index in [1.165, 1.54) is 44.2 Å². The summed E-state index contributed by atoms with van der Waals surface area (Å²) >= 11 is 0. The zero-order valence-corrected chi connectivity index (χ0v) is 12.4. The van der Waals surface area contributed by atoms with Gasteiger partial charge in [-0.2, -0.15) is 13.2 Å². The van der Waals surface area contributed by atoms with Crippen molar-refractivity contribution in [2.75, 3.05) is 6.54 Å². The molecule has 1 fully saturated rings. The second-order valence-electron chi connectivity index (χ2n) is 6.34. The molecule has 4 heteroatoms. The van der Waals surface area contributed by atoms with E-state index in [-0.39, 0.29) is 5.41 Å². The predicted octanol–water partition coefficient (Wildman–Crippen LogP) is 4.94. The van der Waals surface area contributed by atoms with Crippen molar-refractivity contribution in [1.29, 1.82) is 0 Å². The lowest BCUT2D eigenvalue weighted by atomic mass is 9.72. The highest BCUT2D eigenvalue weighted by Crippen LogP contribution is 2.37. The smallest absolute Gasteiger partial charge is 0.330 e. The van der Waals surface area contributed by atoms with Crippen LogP contribution in [0.25, 0.3) is 0 Å². The molecule has 118 valence electrons. The van der Waals surface area contributed by atoms with Crippen LogP contribution in [0.1, 0.15) is 56.1 Å². The molecule has 0 bridgehead atoms. The highest BCUT2D eigenvalue weighted by Gasteiger charge is 2.31. The van der Waals surface area contributed by atoms with Crippen molar-refractivity contribution < 1.29 is 13.2 Å². The Labute approximate surface area is 124 Å². The van der Waals surface area contributed by atoms with Crippen molar-refractivity contribution in [3.8, 4) is 0 Å². The van der Waals surface area contributed by atoms with Gasteiger partial charge in [0, 0.05) is 0 Å². The molecular formula is C17H24F3N. The van der Waals surface area contributed by atoms with Crippen molar-refractivity contribution in [2.24, 2.45) is 11.1 Å². The van der Waals surface area contributed by atoms with E-state index in [1.807, 2.05) is 0 Å². The maximum Gasteiger partial charge on any atom is 0.416 e. The molecule has 0 atom stereocenters. The van der Waals surface area contributed by atoms with E-state index < -0.39 is 11.7 Å². The van der Waals surface area contributed by atoms with Crippen molar-refractivity contribution in [3.05, 3.63) is 35.4 Å². The molecule has 1 aromatic rings. The first-order valence-electron chi connectivity index (χ1n) is 7.81. The molecule has 2 N–H and O–H groups in total. The van der Waals surface area contributed by atoms with Crippen LogP contribution < -0.4 is 5.73 Å². The molecule has 1 aliphatic carbocycles. The zero-order valence-electron chi connectivity index (χ0n) is 12.4. The van der Waals surface area contributed by atoms with Crippen molar-refractivity contribution >= 4 is 0 Å². The quantitative estimate of drug-likeness (QED) is 0.840. The second-order valence-corrected chi connectivity index (χ2v) is 6.34. The summed E-state index contributed by atoms with van der Waals surface area (Å²) in [6, 6.07) is 5.59. The van der Waals surface area contributed by atoms with Gasteiger partial charge in [-0.3, -0.25) is 0 Å². The summed E-state index contributed by atoms with van der Waals surface area (Å²) in [6.45, 7) is 0.619. The maximum atomic E-state index is 12.6. The lowest BCUT2D eigenvalue weighted by molar-refractivity contribution is -0.137. The van der Waals surface area contributed by atoms with Crippen molar-refractivity contribution in [2.45, 2.75) is 57.5 Å². The van der Waals surface area contributed by atoms with Crippen LogP contribution in [0, 0.1) is 5.41 Å². The standard InChI is InChI=1S/C17H24F3N/c18-17(19,20)15-8-6-14(7-9-15)12-16(13-21)10-4-2-1-3-5-11-16/h6-9H,1-5,10-13,21H2. The molecule has 0 amide bonds. The van der Waals surface area contributed by atoms with E-state index in [4.69, 9.17) is 5.73 Å². The summed E-state index contributed by atoms with van der Waals surface area (Å²) in [5, 5.41) is 0. The molecule has 1 saturated carbocycles. The number of hydrogen-bond donors (Lipinski definition) is 1. The third-order valence-corrected chi connectivity index (χ3v) is 4.71. The monoisotopic (exact) mass is 299 g/mol. The summed E-state index contributed by atoms with van der Waals surface area (Å²) in [7, 11) is 0. The van der Waals surface area contributed by atoms with Gasteiger partial charge in [0.05, 0.1) is 5.56 Å². The van der Waals surface area contributed by atoms with Crippen LogP contribution in [0.5, 0.6) is 0 Å². The Balaban J connectivity index is 2.10. The highest BCUT2D eigenvalue weighted by molar-refractivity contribution is 5.25. The van der Waals surface area contributed by atoms with E-state index in [1.54, 1.807) is 12.1 Å². The zero-order chi connectivity index (χ0) is 15.3. The maximum absolute atomic E-state index is 12.6. The molecule has 0 unspecified atom stereocenters. The number of alkyl halides is 3. The molecule has 0 saturated heterocycles. The predicted molar refractivity (Wildman–Crippen MR) is 79.0 cm³/mol. The van der Waals surface area contributed by atoms with Gasteiger partial charge in [0.2, 0.25) is 0 Å². The van der Waals surface area contributed by atoms with Crippen molar-refractivity contribution in [3.63, 3.8) is 0 Å². The highest BCUT2D eigenvalue weighted by atomic mass is 19.4. The molecule has 0 spiro atoms. The topological polar surface area (TPSA) is 26.0 Å². The van der Waals surface area contributed by atoms with Gasteiger partial charge in [0.1, 0.15) is 0 Å². The summed E-state index contributed by atoms with van der Waals surface area (Å²) in [5.74, 6) is 0. The van der Waals surface area contributed by atoms with E-state index in [2.05, 4.69) is 0 Å². The van der Waals surface area contributed by atoms with Crippen LogP contribution in [0.15, 0.2) is 24.3 Å². The largest absolute Gasteiger partial charge is 0.416 e. The Kier molecular flexibility index (Phi) is 5.31. The first-order valence-corrected chi connectivity index (χ1v) is 7.81. The average Bonchev–Trinajstić information content (AvgIpc) is 2.42. The molecule has 1 aliphatic rings. The molecule has 0 aromatic heterocycles. The van der Waals surface area contributed by atoms with Gasteiger partial charge < -0.3 is 5.73 Å². The molecule has 2 rings (SSSR count). The summed E-state index contributed by atoms with van der Waals surface area (Å²) in [6.07, 6.45) is 4.85. The number of halogens is 3. The van der Waals surface area contributed by atoms with Crippen LogP contribution >= 0.6 is 0 Å². The normalized spacial score (nSPS) is 19.8.